The molecule has 4 saturated carbocycles. The van der Waals surface area contributed by atoms with E-state index in [1.165, 1.54) is 17.6 Å². The van der Waals surface area contributed by atoms with Crippen molar-refractivity contribution in [1.29, 1.82) is 0 Å². The molecule has 3 heteroatoms. The number of fused-ring (bicyclic) bond motifs is 7. The van der Waals surface area contributed by atoms with E-state index in [0.717, 1.165) is 44.9 Å². The van der Waals surface area contributed by atoms with Crippen LogP contribution in [0.4, 0.5) is 0 Å². The van der Waals surface area contributed by atoms with Gasteiger partial charge in [-0.05, 0) is 118 Å². The Morgan fingerprint density at radius 3 is 2.24 bits per heavy atom. The van der Waals surface area contributed by atoms with Crippen molar-refractivity contribution in [2.75, 3.05) is 0 Å². The van der Waals surface area contributed by atoms with Crippen LogP contribution in [0.25, 0.3) is 0 Å². The Balaban J connectivity index is 1.62. The number of carboxylic acids is 1. The summed E-state index contributed by atoms with van der Waals surface area (Å²) in [7, 11) is 0. The van der Waals surface area contributed by atoms with Crippen molar-refractivity contribution in [2.24, 2.45) is 44.8 Å². The molecule has 1 unspecified atom stereocenters. The zero-order chi connectivity index (χ0) is 24.2. The van der Waals surface area contributed by atoms with E-state index in [1.807, 2.05) is 6.92 Å². The molecule has 5 aliphatic carbocycles. The molecule has 0 aromatic rings. The fraction of sp³-hybridized carbons (Fsp3) is 0.800. The minimum atomic E-state index is -0.683. The van der Waals surface area contributed by atoms with Gasteiger partial charge in [0.2, 0.25) is 0 Å². The monoisotopic (exact) mass is 452 g/mol. The zero-order valence-corrected chi connectivity index (χ0v) is 21.9. The van der Waals surface area contributed by atoms with Crippen molar-refractivity contribution in [3.8, 4) is 0 Å². The first-order valence-corrected chi connectivity index (χ1v) is 13.4. The normalized spacial score (nSPS) is 51.1. The SMILES string of the molecule is CC(C)=C1CC[C@]2(C)[C@H]3C(=O)C=C4C5C[C@@](C)(C(=O)O)CC[C@]5(C)CC[C@@]4(C)[C@]3(C)CC[C@@H]12. The van der Waals surface area contributed by atoms with E-state index in [4.69, 9.17) is 0 Å². The summed E-state index contributed by atoms with van der Waals surface area (Å²) in [6.45, 7) is 16.1. The van der Waals surface area contributed by atoms with Gasteiger partial charge < -0.3 is 5.11 Å². The topological polar surface area (TPSA) is 54.4 Å². The molecule has 0 aliphatic heterocycles. The van der Waals surface area contributed by atoms with Crippen molar-refractivity contribution in [3.63, 3.8) is 0 Å². The Kier molecular flexibility index (Phi) is 4.85. The minimum Gasteiger partial charge on any atom is -0.481 e. The minimum absolute atomic E-state index is 0.0196. The molecule has 0 bridgehead atoms. The molecule has 0 heterocycles. The average molecular weight is 453 g/mol. The van der Waals surface area contributed by atoms with E-state index in [0.29, 0.717) is 18.1 Å². The van der Waals surface area contributed by atoms with E-state index in [2.05, 4.69) is 47.6 Å². The molecule has 5 aliphatic rings. The lowest BCUT2D eigenvalue weighted by Gasteiger charge is -2.67. The summed E-state index contributed by atoms with van der Waals surface area (Å²) in [6, 6.07) is 0. The van der Waals surface area contributed by atoms with Crippen molar-refractivity contribution in [1.82, 2.24) is 0 Å². The molecule has 0 aromatic carbocycles. The molecule has 1 N–H and O–H groups in total. The summed E-state index contributed by atoms with van der Waals surface area (Å²) in [4.78, 5) is 26.3. The van der Waals surface area contributed by atoms with E-state index < -0.39 is 11.4 Å². The van der Waals surface area contributed by atoms with E-state index in [1.54, 1.807) is 5.57 Å². The number of ketones is 1. The Morgan fingerprint density at radius 1 is 0.939 bits per heavy atom. The highest BCUT2D eigenvalue weighted by Crippen LogP contribution is 2.74. The van der Waals surface area contributed by atoms with Crippen molar-refractivity contribution in [2.45, 2.75) is 106 Å². The van der Waals surface area contributed by atoms with Crippen LogP contribution in [-0.2, 0) is 9.59 Å². The molecule has 5 rings (SSSR count). The number of rotatable bonds is 1. The lowest BCUT2D eigenvalue weighted by atomic mass is 9.36. The van der Waals surface area contributed by atoms with Gasteiger partial charge >= 0.3 is 5.97 Å². The molecule has 0 aromatic heterocycles. The first kappa shape index (κ1) is 23.4. The summed E-state index contributed by atoms with van der Waals surface area (Å²) in [5, 5.41) is 10.0. The molecule has 0 saturated heterocycles. The van der Waals surface area contributed by atoms with Crippen LogP contribution in [0.2, 0.25) is 0 Å². The summed E-state index contributed by atoms with van der Waals surface area (Å²) in [5.41, 5.74) is 3.81. The first-order valence-electron chi connectivity index (χ1n) is 13.4. The van der Waals surface area contributed by atoms with Crippen LogP contribution in [0, 0.1) is 44.8 Å². The molecule has 182 valence electrons. The number of carboxylic acid groups (broad SMARTS) is 1. The molecular formula is C30H44O3. The van der Waals surface area contributed by atoms with Gasteiger partial charge in [-0.2, -0.15) is 0 Å². The van der Waals surface area contributed by atoms with Gasteiger partial charge in [0.15, 0.2) is 5.78 Å². The largest absolute Gasteiger partial charge is 0.481 e. The number of hydrogen-bond acceptors (Lipinski definition) is 2. The number of hydrogen-bond donors (Lipinski definition) is 1. The maximum Gasteiger partial charge on any atom is 0.309 e. The Bertz CT molecular complexity index is 985. The molecule has 0 spiro atoms. The van der Waals surface area contributed by atoms with Gasteiger partial charge in [0.05, 0.1) is 5.41 Å². The molecule has 0 radical (unpaired) electrons. The third kappa shape index (κ3) is 2.80. The highest BCUT2D eigenvalue weighted by Gasteiger charge is 2.69. The van der Waals surface area contributed by atoms with Gasteiger partial charge in [-0.15, -0.1) is 0 Å². The Labute approximate surface area is 200 Å². The quantitative estimate of drug-likeness (QED) is 0.423. The third-order valence-electron chi connectivity index (χ3n) is 12.4. The van der Waals surface area contributed by atoms with Gasteiger partial charge in [0.1, 0.15) is 0 Å². The highest BCUT2D eigenvalue weighted by atomic mass is 16.4. The second kappa shape index (κ2) is 6.85. The van der Waals surface area contributed by atoms with Gasteiger partial charge in [-0.1, -0.05) is 44.4 Å². The lowest BCUT2D eigenvalue weighted by Crippen LogP contribution is -2.62. The number of aliphatic carboxylic acids is 1. The van der Waals surface area contributed by atoms with Gasteiger partial charge in [0.25, 0.3) is 0 Å². The number of allylic oxidation sites excluding steroid dienone is 4. The van der Waals surface area contributed by atoms with Crippen LogP contribution in [-0.4, -0.2) is 16.9 Å². The van der Waals surface area contributed by atoms with E-state index in [9.17, 15) is 14.7 Å². The zero-order valence-electron chi connectivity index (χ0n) is 21.9. The summed E-state index contributed by atoms with van der Waals surface area (Å²) >= 11 is 0. The van der Waals surface area contributed by atoms with Crippen molar-refractivity contribution < 1.29 is 14.7 Å². The van der Waals surface area contributed by atoms with Crippen LogP contribution in [0.1, 0.15) is 106 Å². The van der Waals surface area contributed by atoms with Crippen LogP contribution in [0.3, 0.4) is 0 Å². The molecule has 3 nitrogen and oxygen atoms in total. The van der Waals surface area contributed by atoms with Crippen molar-refractivity contribution in [3.05, 3.63) is 22.8 Å². The molecule has 8 atom stereocenters. The Morgan fingerprint density at radius 2 is 1.61 bits per heavy atom. The van der Waals surface area contributed by atoms with Gasteiger partial charge in [-0.25, -0.2) is 0 Å². The van der Waals surface area contributed by atoms with Crippen LogP contribution in [0.5, 0.6) is 0 Å². The molecule has 4 fully saturated rings. The molecule has 33 heavy (non-hydrogen) atoms. The predicted octanol–water partition coefficient (Wildman–Crippen LogP) is 7.36. The fourth-order valence-electron chi connectivity index (χ4n) is 9.84. The Hall–Kier alpha value is -1.38. The highest BCUT2D eigenvalue weighted by molar-refractivity contribution is 5.96. The summed E-state index contributed by atoms with van der Waals surface area (Å²) < 4.78 is 0. The molecule has 0 amide bonds. The van der Waals surface area contributed by atoms with Crippen LogP contribution in [0.15, 0.2) is 22.8 Å². The lowest BCUT2D eigenvalue weighted by molar-refractivity contribution is -0.163. The maximum atomic E-state index is 14.1. The second-order valence-corrected chi connectivity index (χ2v) is 14.1. The van der Waals surface area contributed by atoms with Crippen LogP contribution >= 0.6 is 0 Å². The standard InChI is InChI=1S/C30H44O3/c1-18(2)19-8-10-28(5)20(19)9-11-30(7)24(28)23(31)16-21-22-17-27(4,25(32)33)13-12-26(22,3)14-15-29(21,30)6/h16,20,22,24H,8-15,17H2,1-7H3,(H,32,33)/t20-,22?,24+,26+,27-,28-,29+,30+/m0/s1. The second-order valence-electron chi connectivity index (χ2n) is 14.1. The number of carbonyl (C=O) groups excluding carboxylic acids is 1. The van der Waals surface area contributed by atoms with Crippen LogP contribution < -0.4 is 0 Å². The average Bonchev–Trinajstić information content (AvgIpc) is 3.08. The fourth-order valence-corrected chi connectivity index (χ4v) is 9.84. The third-order valence-corrected chi connectivity index (χ3v) is 12.4. The van der Waals surface area contributed by atoms with E-state index >= 15 is 0 Å². The number of carbonyl (C=O) groups is 2. The molecular weight excluding hydrogens is 408 g/mol. The first-order chi connectivity index (χ1) is 15.2. The van der Waals surface area contributed by atoms with E-state index in [-0.39, 0.29) is 33.5 Å². The smallest absolute Gasteiger partial charge is 0.309 e. The van der Waals surface area contributed by atoms with Crippen molar-refractivity contribution >= 4 is 11.8 Å². The van der Waals surface area contributed by atoms with Gasteiger partial charge in [0, 0.05) is 5.92 Å². The van der Waals surface area contributed by atoms with Gasteiger partial charge in [-0.3, -0.25) is 9.59 Å². The summed E-state index contributed by atoms with van der Waals surface area (Å²) in [5.74, 6) is 0.501. The maximum absolute atomic E-state index is 14.1. The predicted molar refractivity (Wildman–Crippen MR) is 132 cm³/mol. The summed E-state index contributed by atoms with van der Waals surface area (Å²) in [6.07, 6.45) is 11.3.